The average Bonchev–Trinajstić information content (AvgIpc) is 2.83. The number of amides is 1. The van der Waals surface area contributed by atoms with E-state index in [4.69, 9.17) is 4.74 Å². The largest absolute Gasteiger partial charge is 0.447 e. The number of nitrogens with zero attached hydrogens (tertiary/aromatic N) is 4. The highest BCUT2D eigenvalue weighted by Gasteiger charge is 2.34. The number of anilines is 1. The lowest BCUT2D eigenvalue weighted by Gasteiger charge is -2.30. The van der Waals surface area contributed by atoms with E-state index in [0.29, 0.717) is 16.7 Å². The third-order valence-electron chi connectivity index (χ3n) is 4.73. The summed E-state index contributed by atoms with van der Waals surface area (Å²) >= 11 is 1.50. The van der Waals surface area contributed by atoms with E-state index in [1.807, 2.05) is 63.2 Å². The topological polar surface area (TPSA) is 68.2 Å². The molecular weight excluding hydrogens is 384 g/mol. The Kier molecular flexibility index (Phi) is 5.24. The summed E-state index contributed by atoms with van der Waals surface area (Å²) in [6, 6.07) is 13.9. The molecule has 0 aliphatic carbocycles. The lowest BCUT2D eigenvalue weighted by Crippen LogP contribution is -2.36. The third kappa shape index (κ3) is 3.70. The highest BCUT2D eigenvalue weighted by molar-refractivity contribution is 7.99. The van der Waals surface area contributed by atoms with E-state index in [2.05, 4.69) is 15.2 Å². The van der Waals surface area contributed by atoms with Gasteiger partial charge in [-0.05, 0) is 31.7 Å². The van der Waals surface area contributed by atoms with Crippen molar-refractivity contribution in [2.75, 3.05) is 10.7 Å². The molecule has 0 spiro atoms. The monoisotopic (exact) mass is 406 g/mol. The molecule has 2 aromatic carbocycles. The Hall–Kier alpha value is -2.93. The molecule has 6 nitrogen and oxygen atoms in total. The standard InChI is InChI=1S/C22H22N4O2S/c1-5-29-22-23-20-19(24-25-22)17-12-14(3)8-11-18(17)26(15(4)27)21(28-20)16-9-6-13(2)7-10-16/h6-12,21H,5H2,1-4H3/t21-/m0/s1. The van der Waals surface area contributed by atoms with Gasteiger partial charge in [-0.15, -0.1) is 10.2 Å². The number of fused-ring (bicyclic) bond motifs is 3. The van der Waals surface area contributed by atoms with Crippen LogP contribution in [0.2, 0.25) is 0 Å². The summed E-state index contributed by atoms with van der Waals surface area (Å²) in [6.45, 7) is 7.61. The molecule has 3 aromatic rings. The fourth-order valence-corrected chi connectivity index (χ4v) is 3.86. The Morgan fingerprint density at radius 3 is 2.52 bits per heavy atom. The maximum atomic E-state index is 12.8. The molecule has 1 atom stereocenters. The lowest BCUT2D eigenvalue weighted by atomic mass is 10.0. The molecule has 29 heavy (non-hydrogen) atoms. The summed E-state index contributed by atoms with van der Waals surface area (Å²) in [5.41, 5.74) is 5.13. The van der Waals surface area contributed by atoms with Crippen molar-refractivity contribution in [3.8, 4) is 17.1 Å². The Morgan fingerprint density at radius 2 is 1.83 bits per heavy atom. The van der Waals surface area contributed by atoms with E-state index in [0.717, 1.165) is 33.7 Å². The van der Waals surface area contributed by atoms with Crippen molar-refractivity contribution >= 4 is 23.4 Å². The van der Waals surface area contributed by atoms with Gasteiger partial charge in [-0.3, -0.25) is 9.69 Å². The number of aryl methyl sites for hydroxylation is 2. The summed E-state index contributed by atoms with van der Waals surface area (Å²) < 4.78 is 6.34. The van der Waals surface area contributed by atoms with E-state index in [-0.39, 0.29) is 5.91 Å². The fraction of sp³-hybridized carbons (Fsp3) is 0.273. The van der Waals surface area contributed by atoms with E-state index >= 15 is 0 Å². The molecule has 0 unspecified atom stereocenters. The molecule has 0 fully saturated rings. The molecule has 0 radical (unpaired) electrons. The van der Waals surface area contributed by atoms with Crippen LogP contribution in [0, 0.1) is 13.8 Å². The predicted octanol–water partition coefficient (Wildman–Crippen LogP) is 4.71. The molecular formula is C22H22N4O2S. The molecule has 1 amide bonds. The first-order valence-electron chi connectivity index (χ1n) is 9.49. The van der Waals surface area contributed by atoms with Crippen LogP contribution in [0.25, 0.3) is 11.3 Å². The third-order valence-corrected chi connectivity index (χ3v) is 5.45. The van der Waals surface area contributed by atoms with Crippen molar-refractivity contribution < 1.29 is 9.53 Å². The van der Waals surface area contributed by atoms with E-state index < -0.39 is 6.23 Å². The quantitative estimate of drug-likeness (QED) is 0.587. The number of hydrogen-bond acceptors (Lipinski definition) is 6. The zero-order valence-electron chi connectivity index (χ0n) is 16.8. The summed E-state index contributed by atoms with van der Waals surface area (Å²) in [5, 5.41) is 9.22. The second-order valence-corrected chi connectivity index (χ2v) is 8.20. The van der Waals surface area contributed by atoms with Gasteiger partial charge in [-0.2, -0.15) is 4.98 Å². The van der Waals surface area contributed by atoms with Crippen LogP contribution < -0.4 is 9.64 Å². The van der Waals surface area contributed by atoms with Gasteiger partial charge >= 0.3 is 0 Å². The van der Waals surface area contributed by atoms with Crippen molar-refractivity contribution in [1.82, 2.24) is 15.2 Å². The SMILES string of the molecule is CCSc1nnc2c(n1)O[C@@H](c1ccc(C)cc1)N(C(C)=O)c1ccc(C)cc1-2. The summed E-state index contributed by atoms with van der Waals surface area (Å²) in [7, 11) is 0. The number of aromatic nitrogens is 3. The van der Waals surface area contributed by atoms with Crippen molar-refractivity contribution in [3.63, 3.8) is 0 Å². The molecule has 0 N–H and O–H groups in total. The molecule has 0 bridgehead atoms. The van der Waals surface area contributed by atoms with E-state index in [9.17, 15) is 4.79 Å². The average molecular weight is 407 g/mol. The smallest absolute Gasteiger partial charge is 0.247 e. The van der Waals surface area contributed by atoms with Crippen LogP contribution in [0.3, 0.4) is 0 Å². The summed E-state index contributed by atoms with van der Waals surface area (Å²) in [5.74, 6) is 1.10. The number of carbonyl (C=O) groups excluding carboxylic acids is 1. The van der Waals surface area contributed by atoms with Gasteiger partial charge in [0.15, 0.2) is 5.69 Å². The molecule has 1 aliphatic heterocycles. The number of benzene rings is 2. The first-order valence-corrected chi connectivity index (χ1v) is 10.5. The molecule has 0 saturated heterocycles. The second kappa shape index (κ2) is 7.83. The zero-order valence-corrected chi connectivity index (χ0v) is 17.7. The summed E-state index contributed by atoms with van der Waals surface area (Å²) in [4.78, 5) is 19.0. The van der Waals surface area contributed by atoms with Crippen LogP contribution in [0.5, 0.6) is 5.88 Å². The number of hydrogen-bond donors (Lipinski definition) is 0. The predicted molar refractivity (Wildman–Crippen MR) is 114 cm³/mol. The van der Waals surface area contributed by atoms with Crippen LogP contribution in [-0.4, -0.2) is 26.8 Å². The first kappa shape index (κ1) is 19.4. The second-order valence-electron chi connectivity index (χ2n) is 6.97. The van der Waals surface area contributed by atoms with Gasteiger partial charge in [0.1, 0.15) is 0 Å². The molecule has 4 rings (SSSR count). The number of carbonyl (C=O) groups is 1. The number of thioether (sulfide) groups is 1. The van der Waals surface area contributed by atoms with E-state index in [1.54, 1.807) is 11.8 Å². The molecule has 1 aliphatic rings. The maximum Gasteiger partial charge on any atom is 0.247 e. The molecule has 0 saturated carbocycles. The van der Waals surface area contributed by atoms with Crippen molar-refractivity contribution in [1.29, 1.82) is 0 Å². The minimum Gasteiger partial charge on any atom is -0.447 e. The van der Waals surface area contributed by atoms with Crippen LogP contribution in [0.1, 0.15) is 36.8 Å². The number of ether oxygens (including phenoxy) is 1. The van der Waals surface area contributed by atoms with Gasteiger partial charge in [-0.25, -0.2) is 0 Å². The Balaban J connectivity index is 1.96. The molecule has 148 valence electrons. The Morgan fingerprint density at radius 1 is 1.10 bits per heavy atom. The van der Waals surface area contributed by atoms with Crippen molar-refractivity contribution in [2.24, 2.45) is 0 Å². The minimum absolute atomic E-state index is 0.121. The fourth-order valence-electron chi connectivity index (χ4n) is 3.36. The van der Waals surface area contributed by atoms with Gasteiger partial charge in [0.25, 0.3) is 0 Å². The highest BCUT2D eigenvalue weighted by Crippen LogP contribution is 2.43. The van der Waals surface area contributed by atoms with Crippen LogP contribution >= 0.6 is 11.8 Å². The van der Waals surface area contributed by atoms with E-state index in [1.165, 1.54) is 11.8 Å². The zero-order chi connectivity index (χ0) is 20.5. The Bertz CT molecular complexity index is 1070. The van der Waals surface area contributed by atoms with Gasteiger partial charge in [0.2, 0.25) is 23.2 Å². The lowest BCUT2D eigenvalue weighted by molar-refractivity contribution is -0.118. The van der Waals surface area contributed by atoms with Gasteiger partial charge < -0.3 is 4.74 Å². The van der Waals surface area contributed by atoms with Crippen LogP contribution in [-0.2, 0) is 4.79 Å². The van der Waals surface area contributed by atoms with Crippen molar-refractivity contribution in [3.05, 3.63) is 59.2 Å². The van der Waals surface area contributed by atoms with Crippen molar-refractivity contribution in [2.45, 2.75) is 39.1 Å². The van der Waals surface area contributed by atoms with Gasteiger partial charge in [-0.1, -0.05) is 60.1 Å². The van der Waals surface area contributed by atoms with Crippen LogP contribution in [0.4, 0.5) is 5.69 Å². The number of rotatable bonds is 3. The van der Waals surface area contributed by atoms with Gasteiger partial charge in [0, 0.05) is 18.1 Å². The normalized spacial score (nSPS) is 15.2. The first-order chi connectivity index (χ1) is 14.0. The molecule has 7 heteroatoms. The van der Waals surface area contributed by atoms with Crippen LogP contribution in [0.15, 0.2) is 47.6 Å². The highest BCUT2D eigenvalue weighted by atomic mass is 32.2. The minimum atomic E-state index is -0.646. The Labute approximate surface area is 174 Å². The molecule has 2 heterocycles. The molecule has 1 aromatic heterocycles. The maximum absolute atomic E-state index is 12.8. The van der Waals surface area contributed by atoms with Gasteiger partial charge in [0.05, 0.1) is 5.69 Å². The summed E-state index contributed by atoms with van der Waals surface area (Å²) in [6.07, 6.45) is -0.646.